The second-order valence-corrected chi connectivity index (χ2v) is 14.9. The molecular formula is C39H54N6O6. The van der Waals surface area contributed by atoms with Crippen molar-refractivity contribution in [3.05, 3.63) is 59.9 Å². The molecular weight excluding hydrogens is 648 g/mol. The van der Waals surface area contributed by atoms with Crippen LogP contribution in [-0.4, -0.2) is 63.2 Å². The first kappa shape index (κ1) is 39.1. The normalized spacial score (nSPS) is 20.5. The number of nitriles is 1. The molecule has 1 amide bonds. The van der Waals surface area contributed by atoms with Crippen LogP contribution < -0.4 is 15.2 Å². The molecule has 12 heteroatoms. The Morgan fingerprint density at radius 2 is 1.92 bits per heavy atom. The van der Waals surface area contributed by atoms with Crippen molar-refractivity contribution in [3.8, 4) is 17.8 Å². The number of amidine groups is 1. The molecule has 2 N–H and O–H groups in total. The smallest absolute Gasteiger partial charge is 0.410 e. The molecule has 0 radical (unpaired) electrons. The van der Waals surface area contributed by atoms with Crippen LogP contribution >= 0.6 is 0 Å². The molecule has 276 valence electrons. The fourth-order valence-electron chi connectivity index (χ4n) is 6.62. The van der Waals surface area contributed by atoms with E-state index in [9.17, 15) is 14.9 Å². The summed E-state index contributed by atoms with van der Waals surface area (Å²) in [6.07, 6.45) is 5.87. The van der Waals surface area contributed by atoms with Gasteiger partial charge in [-0.05, 0) is 70.9 Å². The highest BCUT2D eigenvalue weighted by Crippen LogP contribution is 2.46. The molecule has 1 aliphatic carbocycles. The van der Waals surface area contributed by atoms with Crippen LogP contribution in [0.5, 0.6) is 11.8 Å². The Kier molecular flexibility index (Phi) is 13.1. The molecule has 2 aliphatic rings. The number of aryl methyl sites for hydroxylation is 1. The van der Waals surface area contributed by atoms with E-state index in [-0.39, 0.29) is 48.0 Å². The van der Waals surface area contributed by atoms with Crippen LogP contribution in [0.25, 0.3) is 0 Å². The van der Waals surface area contributed by atoms with Gasteiger partial charge in [-0.25, -0.2) is 9.59 Å². The van der Waals surface area contributed by atoms with Crippen molar-refractivity contribution < 1.29 is 28.6 Å². The van der Waals surface area contributed by atoms with Crippen LogP contribution in [0, 0.1) is 30.1 Å². The molecule has 0 bridgehead atoms. The first-order valence-electron chi connectivity index (χ1n) is 18.0. The Hall–Kier alpha value is -4.66. The fraction of sp³-hybridized carbons (Fsp3) is 0.590. The van der Waals surface area contributed by atoms with Crippen LogP contribution in [-0.2, 0) is 19.8 Å². The number of hydrogen-bond acceptors (Lipinski definition) is 10. The average Bonchev–Trinajstić information content (AvgIpc) is 3.05. The summed E-state index contributed by atoms with van der Waals surface area (Å²) in [5.74, 6) is 0.179. The van der Waals surface area contributed by atoms with Crippen LogP contribution in [0.4, 0.5) is 4.79 Å². The number of benzene rings is 1. The topological polar surface area (TPSA) is 162 Å². The molecule has 4 rings (SSSR count). The molecule has 1 aromatic heterocycles. The zero-order chi connectivity index (χ0) is 37.3. The number of likely N-dealkylation sites (tertiary alicyclic amines) is 1. The molecule has 1 saturated carbocycles. The lowest BCUT2D eigenvalue weighted by molar-refractivity contribution is -0.154. The van der Waals surface area contributed by atoms with Gasteiger partial charge in [-0.15, -0.1) is 6.58 Å². The minimum Gasteiger partial charge on any atom is -0.474 e. The minimum atomic E-state index is -0.784. The molecule has 0 unspecified atom stereocenters. The van der Waals surface area contributed by atoms with Crippen molar-refractivity contribution in [2.75, 3.05) is 6.54 Å². The van der Waals surface area contributed by atoms with Gasteiger partial charge in [0.15, 0.2) is 0 Å². The monoisotopic (exact) mass is 702 g/mol. The van der Waals surface area contributed by atoms with E-state index in [1.807, 2.05) is 44.2 Å². The molecule has 12 nitrogen and oxygen atoms in total. The van der Waals surface area contributed by atoms with Crippen molar-refractivity contribution in [3.63, 3.8) is 0 Å². The van der Waals surface area contributed by atoms with Gasteiger partial charge < -0.3 is 29.7 Å². The van der Waals surface area contributed by atoms with Gasteiger partial charge in [-0.2, -0.15) is 15.2 Å². The van der Waals surface area contributed by atoms with Gasteiger partial charge in [0.05, 0.1) is 30.0 Å². The number of carbonyl (C=O) groups excluding carboxylic acids is 2. The lowest BCUT2D eigenvalue weighted by Crippen LogP contribution is -2.50. The summed E-state index contributed by atoms with van der Waals surface area (Å²) >= 11 is 0. The third-order valence-electron chi connectivity index (χ3n) is 9.89. The van der Waals surface area contributed by atoms with E-state index in [1.54, 1.807) is 31.7 Å². The van der Waals surface area contributed by atoms with E-state index in [2.05, 4.69) is 41.6 Å². The number of hydrogen-bond donors (Lipinski definition) is 1. The highest BCUT2D eigenvalue weighted by molar-refractivity contribution is 5.94. The first-order valence-corrected chi connectivity index (χ1v) is 18.0. The SMILES string of the molecule is C=C[C@@H](C[C@@H](C)CC)[C@H](C)Oc1cc(O[C@H]2CCN(C(=O)OC(C)(C)C)[C@H](CC#N)C2)nc(/C(N)=N/OC(=O)C2(c3ccccc3C)CCC2)n1. The van der Waals surface area contributed by atoms with Gasteiger partial charge in [-0.3, -0.25) is 0 Å². The molecule has 51 heavy (non-hydrogen) atoms. The lowest BCUT2D eigenvalue weighted by atomic mass is 9.63. The van der Waals surface area contributed by atoms with Crippen LogP contribution in [0.3, 0.4) is 0 Å². The number of nitrogens with two attached hydrogens (primary N) is 1. The van der Waals surface area contributed by atoms with Crippen molar-refractivity contribution in [2.24, 2.45) is 22.7 Å². The lowest BCUT2D eigenvalue weighted by Gasteiger charge is -2.39. The largest absolute Gasteiger partial charge is 0.474 e. The van der Waals surface area contributed by atoms with Crippen molar-refractivity contribution >= 4 is 17.9 Å². The highest BCUT2D eigenvalue weighted by Gasteiger charge is 2.48. The molecule has 2 fully saturated rings. The van der Waals surface area contributed by atoms with E-state index < -0.39 is 29.1 Å². The van der Waals surface area contributed by atoms with Crippen LogP contribution in [0.2, 0.25) is 0 Å². The number of rotatable bonds is 14. The molecule has 2 heterocycles. The highest BCUT2D eigenvalue weighted by atomic mass is 16.7. The quantitative estimate of drug-likeness (QED) is 0.0704. The minimum absolute atomic E-state index is 0.0297. The summed E-state index contributed by atoms with van der Waals surface area (Å²) < 4.78 is 18.3. The number of nitrogens with zero attached hydrogens (tertiary/aromatic N) is 5. The van der Waals surface area contributed by atoms with Gasteiger partial charge in [0.2, 0.25) is 23.4 Å². The van der Waals surface area contributed by atoms with Crippen LogP contribution in [0.15, 0.2) is 48.1 Å². The second-order valence-electron chi connectivity index (χ2n) is 14.9. The summed E-state index contributed by atoms with van der Waals surface area (Å²) in [4.78, 5) is 42.6. The summed E-state index contributed by atoms with van der Waals surface area (Å²) in [5.41, 5.74) is 6.86. The van der Waals surface area contributed by atoms with Gasteiger partial charge >= 0.3 is 12.1 Å². The number of ether oxygens (including phenoxy) is 3. The number of carbonyl (C=O) groups is 2. The third kappa shape index (κ3) is 9.99. The van der Waals surface area contributed by atoms with Gasteiger partial charge in [0, 0.05) is 25.3 Å². The molecule has 1 aromatic carbocycles. The maximum atomic E-state index is 13.5. The van der Waals surface area contributed by atoms with Crippen molar-refractivity contribution in [1.29, 1.82) is 5.26 Å². The standard InChI is InChI=1S/C39H54N6O6/c1-9-25(3)22-28(10-2)27(5)48-32-24-33(49-30-17-21-45(29(23-30)16-20-40)37(47)50-38(6,7)8)43-35(42-32)34(41)44-51-36(46)39(18-13-19-39)31-15-12-11-14-26(31)4/h10-12,14-15,24-25,27-30H,2,9,13,16-19,21-23H2,1,3-8H3,(H2,41,44)/t25-,27-,28-,29+,30-/m0/s1. The molecule has 0 spiro atoms. The van der Waals surface area contributed by atoms with E-state index in [0.29, 0.717) is 38.1 Å². The van der Waals surface area contributed by atoms with E-state index >= 15 is 0 Å². The van der Waals surface area contributed by atoms with Crippen LogP contribution in [0.1, 0.15) is 110 Å². The number of aromatic nitrogens is 2. The predicted octanol–water partition coefficient (Wildman–Crippen LogP) is 7.14. The Bertz CT molecular complexity index is 1610. The average molecular weight is 703 g/mol. The van der Waals surface area contributed by atoms with E-state index in [4.69, 9.17) is 24.8 Å². The number of oxime groups is 1. The summed E-state index contributed by atoms with van der Waals surface area (Å²) in [7, 11) is 0. The van der Waals surface area contributed by atoms with Crippen molar-refractivity contribution in [2.45, 2.75) is 129 Å². The summed E-state index contributed by atoms with van der Waals surface area (Å²) in [5, 5.41) is 13.5. The number of piperidine rings is 1. The predicted molar refractivity (Wildman–Crippen MR) is 194 cm³/mol. The van der Waals surface area contributed by atoms with Gasteiger partial charge in [0.1, 0.15) is 17.8 Å². The third-order valence-corrected chi connectivity index (χ3v) is 9.89. The fourth-order valence-corrected chi connectivity index (χ4v) is 6.62. The zero-order valence-electron chi connectivity index (χ0n) is 31.2. The molecule has 5 atom stereocenters. The number of amides is 1. The maximum absolute atomic E-state index is 13.5. The Labute approximate surface area is 302 Å². The molecule has 1 aliphatic heterocycles. The first-order chi connectivity index (χ1) is 24.2. The molecule has 1 saturated heterocycles. The Balaban J connectivity index is 1.59. The zero-order valence-corrected chi connectivity index (χ0v) is 31.2. The molecule has 2 aromatic rings. The van der Waals surface area contributed by atoms with E-state index in [0.717, 1.165) is 30.4 Å². The summed E-state index contributed by atoms with van der Waals surface area (Å²) in [6.45, 7) is 18.1. The van der Waals surface area contributed by atoms with E-state index in [1.165, 1.54) is 0 Å². The summed E-state index contributed by atoms with van der Waals surface area (Å²) in [6, 6.07) is 11.1. The Morgan fingerprint density at radius 3 is 2.53 bits per heavy atom. The Morgan fingerprint density at radius 1 is 1.22 bits per heavy atom. The van der Waals surface area contributed by atoms with Gasteiger partial charge in [-0.1, -0.05) is 62.2 Å². The maximum Gasteiger partial charge on any atom is 0.410 e. The van der Waals surface area contributed by atoms with Gasteiger partial charge in [0.25, 0.3) is 0 Å². The van der Waals surface area contributed by atoms with Crippen molar-refractivity contribution in [1.82, 2.24) is 14.9 Å². The second kappa shape index (κ2) is 17.0.